The predicted octanol–water partition coefficient (Wildman–Crippen LogP) is 2.27. The van der Waals surface area contributed by atoms with Gasteiger partial charge in [-0.2, -0.15) is 0 Å². The van der Waals surface area contributed by atoms with E-state index in [2.05, 4.69) is 5.32 Å². The predicted molar refractivity (Wildman–Crippen MR) is 90.3 cm³/mol. The van der Waals surface area contributed by atoms with E-state index in [1.54, 1.807) is 0 Å². The Balaban J connectivity index is 1.87. The molecule has 4 heteroatoms. The van der Waals surface area contributed by atoms with Crippen molar-refractivity contribution in [1.29, 1.82) is 0 Å². The number of rotatable bonds is 9. The van der Waals surface area contributed by atoms with Crippen LogP contribution in [0.2, 0.25) is 0 Å². The zero-order valence-corrected chi connectivity index (χ0v) is 13.1. The van der Waals surface area contributed by atoms with Crippen LogP contribution < -0.4 is 5.32 Å². The molecule has 0 heterocycles. The van der Waals surface area contributed by atoms with Crippen molar-refractivity contribution in [2.45, 2.75) is 31.4 Å². The lowest BCUT2D eigenvalue weighted by Gasteiger charge is -2.21. The summed E-state index contributed by atoms with van der Waals surface area (Å²) in [5, 5.41) is 22.2. The molecule has 2 aromatic rings. The van der Waals surface area contributed by atoms with Gasteiger partial charge in [0.15, 0.2) is 6.10 Å². The molecule has 0 aliphatic carbocycles. The van der Waals surface area contributed by atoms with Crippen molar-refractivity contribution in [1.82, 2.24) is 5.32 Å². The summed E-state index contributed by atoms with van der Waals surface area (Å²) in [5.41, 5.74) is 2.33. The smallest absolute Gasteiger partial charge is 0.334 e. The average molecular weight is 313 g/mol. The maximum Gasteiger partial charge on any atom is 0.334 e. The standard InChI is InChI=1S/C19H23NO3/c21-18(19(22)23)17(12-11-15-7-3-1-4-8-15)20-14-13-16-9-5-2-6-10-16/h1-10,17-18,20-21H,11-14H2,(H,22,23)/t17-,18+/m0/s1. The quantitative estimate of drug-likeness (QED) is 0.664. The van der Waals surface area contributed by atoms with Crippen LogP contribution in [0.3, 0.4) is 0 Å². The number of hydrogen-bond donors (Lipinski definition) is 3. The van der Waals surface area contributed by atoms with Gasteiger partial charge in [0, 0.05) is 6.04 Å². The summed E-state index contributed by atoms with van der Waals surface area (Å²) < 4.78 is 0. The van der Waals surface area contributed by atoms with E-state index in [4.69, 9.17) is 5.11 Å². The largest absolute Gasteiger partial charge is 0.479 e. The van der Waals surface area contributed by atoms with Crippen LogP contribution in [-0.2, 0) is 17.6 Å². The third-order valence-electron chi connectivity index (χ3n) is 3.88. The number of carbonyl (C=O) groups is 1. The highest BCUT2D eigenvalue weighted by Gasteiger charge is 2.24. The van der Waals surface area contributed by atoms with Gasteiger partial charge in [0.1, 0.15) is 0 Å². The molecule has 4 nitrogen and oxygen atoms in total. The fourth-order valence-corrected chi connectivity index (χ4v) is 2.56. The second kappa shape index (κ2) is 9.08. The van der Waals surface area contributed by atoms with Crippen molar-refractivity contribution in [3.63, 3.8) is 0 Å². The number of aliphatic hydroxyl groups excluding tert-OH is 1. The fraction of sp³-hybridized carbons (Fsp3) is 0.316. The van der Waals surface area contributed by atoms with E-state index in [-0.39, 0.29) is 0 Å². The first kappa shape index (κ1) is 17.2. The molecule has 0 unspecified atom stereocenters. The maximum absolute atomic E-state index is 11.1. The molecule has 23 heavy (non-hydrogen) atoms. The summed E-state index contributed by atoms with van der Waals surface area (Å²) in [5.74, 6) is -1.18. The van der Waals surface area contributed by atoms with Gasteiger partial charge >= 0.3 is 5.97 Å². The molecule has 0 spiro atoms. The van der Waals surface area contributed by atoms with Crippen LogP contribution in [0.5, 0.6) is 0 Å². The highest BCUT2D eigenvalue weighted by molar-refractivity contribution is 5.72. The number of carboxylic acids is 1. The lowest BCUT2D eigenvalue weighted by Crippen LogP contribution is -2.45. The minimum absolute atomic E-state index is 0.462. The second-order valence-corrected chi connectivity index (χ2v) is 5.60. The van der Waals surface area contributed by atoms with Gasteiger partial charge in [-0.25, -0.2) is 4.79 Å². The molecule has 122 valence electrons. The molecule has 3 N–H and O–H groups in total. The summed E-state index contributed by atoms with van der Waals surface area (Å²) >= 11 is 0. The molecule has 2 aromatic carbocycles. The Morgan fingerprint density at radius 2 is 1.43 bits per heavy atom. The summed E-state index contributed by atoms with van der Waals surface area (Å²) in [6, 6.07) is 19.4. The number of hydrogen-bond acceptors (Lipinski definition) is 3. The minimum atomic E-state index is -1.39. The monoisotopic (exact) mass is 313 g/mol. The summed E-state index contributed by atoms with van der Waals surface area (Å²) in [6.45, 7) is 0.633. The van der Waals surface area contributed by atoms with Crippen molar-refractivity contribution < 1.29 is 15.0 Å². The zero-order chi connectivity index (χ0) is 16.5. The average Bonchev–Trinajstić information content (AvgIpc) is 2.59. The molecule has 0 aliphatic heterocycles. The van der Waals surface area contributed by atoms with Gasteiger partial charge < -0.3 is 15.5 Å². The first-order valence-corrected chi connectivity index (χ1v) is 7.89. The van der Waals surface area contributed by atoms with Crippen LogP contribution >= 0.6 is 0 Å². The van der Waals surface area contributed by atoms with Crippen molar-refractivity contribution in [3.8, 4) is 0 Å². The van der Waals surface area contributed by atoms with Gasteiger partial charge in [-0.3, -0.25) is 0 Å². The van der Waals surface area contributed by atoms with Gasteiger partial charge in [-0.15, -0.1) is 0 Å². The number of aliphatic carboxylic acids is 1. The van der Waals surface area contributed by atoms with E-state index in [1.165, 1.54) is 5.56 Å². The molecule has 0 fully saturated rings. The van der Waals surface area contributed by atoms with Gasteiger partial charge in [0.05, 0.1) is 0 Å². The fourth-order valence-electron chi connectivity index (χ4n) is 2.56. The van der Waals surface area contributed by atoms with E-state index in [0.717, 1.165) is 18.4 Å². The van der Waals surface area contributed by atoms with Crippen LogP contribution in [0.1, 0.15) is 17.5 Å². The lowest BCUT2D eigenvalue weighted by atomic mass is 10.0. The maximum atomic E-state index is 11.1. The third kappa shape index (κ3) is 5.85. The molecule has 0 bridgehead atoms. The Hall–Kier alpha value is -2.17. The Labute approximate surface area is 136 Å². The molecule has 2 rings (SSSR count). The van der Waals surface area contributed by atoms with Gasteiger partial charge in [-0.05, 0) is 36.9 Å². The lowest BCUT2D eigenvalue weighted by molar-refractivity contribution is -0.148. The number of nitrogens with one attached hydrogen (secondary N) is 1. The minimum Gasteiger partial charge on any atom is -0.479 e. The topological polar surface area (TPSA) is 69.6 Å². The molecular formula is C19H23NO3. The van der Waals surface area contributed by atoms with Gasteiger partial charge in [0.2, 0.25) is 0 Å². The highest BCUT2D eigenvalue weighted by atomic mass is 16.4. The summed E-state index contributed by atoms with van der Waals surface area (Å²) in [6.07, 6.45) is 0.713. The normalized spacial score (nSPS) is 13.4. The first-order chi connectivity index (χ1) is 11.2. The van der Waals surface area contributed by atoms with Crippen LogP contribution in [-0.4, -0.2) is 34.9 Å². The second-order valence-electron chi connectivity index (χ2n) is 5.60. The molecule has 0 aromatic heterocycles. The molecular weight excluding hydrogens is 290 g/mol. The van der Waals surface area contributed by atoms with Crippen LogP contribution in [0, 0.1) is 0 Å². The van der Waals surface area contributed by atoms with Crippen molar-refractivity contribution in [2.24, 2.45) is 0 Å². The highest BCUT2D eigenvalue weighted by Crippen LogP contribution is 2.09. The SMILES string of the molecule is O=C(O)[C@H](O)[C@H](CCc1ccccc1)NCCc1ccccc1. The van der Waals surface area contributed by atoms with Crippen LogP contribution in [0.15, 0.2) is 60.7 Å². The van der Waals surface area contributed by atoms with E-state index >= 15 is 0 Å². The van der Waals surface area contributed by atoms with Crippen LogP contribution in [0.25, 0.3) is 0 Å². The number of aryl methyl sites for hydroxylation is 1. The Kier molecular flexibility index (Phi) is 6.78. The van der Waals surface area contributed by atoms with Crippen molar-refractivity contribution in [2.75, 3.05) is 6.54 Å². The molecule has 0 aliphatic rings. The summed E-state index contributed by atoms with van der Waals surface area (Å²) in [7, 11) is 0. The number of benzene rings is 2. The van der Waals surface area contributed by atoms with E-state index < -0.39 is 18.1 Å². The van der Waals surface area contributed by atoms with Crippen LogP contribution in [0.4, 0.5) is 0 Å². The molecule has 0 saturated carbocycles. The van der Waals surface area contributed by atoms with E-state index in [0.29, 0.717) is 13.0 Å². The molecule has 0 amide bonds. The van der Waals surface area contributed by atoms with Crippen molar-refractivity contribution >= 4 is 5.97 Å². The van der Waals surface area contributed by atoms with E-state index in [1.807, 2.05) is 60.7 Å². The van der Waals surface area contributed by atoms with Gasteiger partial charge in [-0.1, -0.05) is 60.7 Å². The van der Waals surface area contributed by atoms with Crippen molar-refractivity contribution in [3.05, 3.63) is 71.8 Å². The Morgan fingerprint density at radius 1 is 0.913 bits per heavy atom. The number of carboxylic acid groups (broad SMARTS) is 1. The zero-order valence-electron chi connectivity index (χ0n) is 13.1. The first-order valence-electron chi connectivity index (χ1n) is 7.89. The number of aliphatic hydroxyl groups is 1. The van der Waals surface area contributed by atoms with Gasteiger partial charge in [0.25, 0.3) is 0 Å². The Morgan fingerprint density at radius 3 is 1.96 bits per heavy atom. The Bertz CT molecular complexity index is 586. The third-order valence-corrected chi connectivity index (χ3v) is 3.88. The summed E-state index contributed by atoms with van der Waals surface area (Å²) in [4.78, 5) is 11.1. The molecule has 0 radical (unpaired) electrons. The molecule has 2 atom stereocenters. The molecule has 0 saturated heterocycles. The van der Waals surface area contributed by atoms with E-state index in [9.17, 15) is 9.90 Å².